The lowest BCUT2D eigenvalue weighted by atomic mass is 9.96. The highest BCUT2D eigenvalue weighted by Gasteiger charge is 2.22. The summed E-state index contributed by atoms with van der Waals surface area (Å²) in [6.07, 6.45) is 7.27. The van der Waals surface area contributed by atoms with Crippen molar-refractivity contribution < 1.29 is 9.90 Å². The van der Waals surface area contributed by atoms with E-state index in [4.69, 9.17) is 5.10 Å². The Morgan fingerprint density at radius 3 is 2.89 bits per heavy atom. The van der Waals surface area contributed by atoms with Crippen molar-refractivity contribution in [2.24, 2.45) is 0 Å². The standard InChI is InChI=1S/C18H23N5O3S/c1-11-13-9-14(16(25)19-7-8-22-15(24)10-20-18(22)26)27-17(13)23(21-11)12-5-3-2-4-6-12/h9-10,12,24H,2-8H2,1H3,(H,19,25)(H,20,26). The predicted octanol–water partition coefficient (Wildman–Crippen LogP) is 2.54. The average molecular weight is 389 g/mol. The molecule has 27 heavy (non-hydrogen) atoms. The third kappa shape index (κ3) is 3.39. The maximum Gasteiger partial charge on any atom is 0.328 e. The minimum atomic E-state index is -0.396. The third-order valence-electron chi connectivity index (χ3n) is 5.18. The Labute approximate surface area is 159 Å². The monoisotopic (exact) mass is 389 g/mol. The van der Waals surface area contributed by atoms with E-state index in [-0.39, 0.29) is 24.9 Å². The van der Waals surface area contributed by atoms with E-state index < -0.39 is 5.69 Å². The summed E-state index contributed by atoms with van der Waals surface area (Å²) in [6, 6.07) is 2.32. The largest absolute Gasteiger partial charge is 0.493 e. The number of carbonyl (C=O) groups is 1. The number of nitrogens with zero attached hydrogens (tertiary/aromatic N) is 3. The first-order valence-corrected chi connectivity index (χ1v) is 10.1. The Morgan fingerprint density at radius 2 is 2.19 bits per heavy atom. The highest BCUT2D eigenvalue weighted by Crippen LogP contribution is 2.35. The van der Waals surface area contributed by atoms with Gasteiger partial charge >= 0.3 is 5.69 Å². The van der Waals surface area contributed by atoms with Gasteiger partial charge in [-0.05, 0) is 25.8 Å². The van der Waals surface area contributed by atoms with Crippen LogP contribution in [-0.2, 0) is 6.54 Å². The quantitative estimate of drug-likeness (QED) is 0.623. The first-order chi connectivity index (χ1) is 13.0. The van der Waals surface area contributed by atoms with Crippen LogP contribution in [0.3, 0.4) is 0 Å². The molecule has 3 aromatic heterocycles. The summed E-state index contributed by atoms with van der Waals surface area (Å²) in [7, 11) is 0. The zero-order valence-electron chi connectivity index (χ0n) is 15.2. The van der Waals surface area contributed by atoms with Crippen molar-refractivity contribution in [3.8, 4) is 5.88 Å². The minimum absolute atomic E-state index is 0.140. The Hall–Kier alpha value is -2.55. The number of carbonyl (C=O) groups excluding carboxylic acids is 1. The van der Waals surface area contributed by atoms with Crippen molar-refractivity contribution >= 4 is 27.5 Å². The lowest BCUT2D eigenvalue weighted by Crippen LogP contribution is -2.29. The molecule has 3 N–H and O–H groups in total. The number of thiophene rings is 1. The molecule has 144 valence electrons. The van der Waals surface area contributed by atoms with Gasteiger partial charge in [-0.2, -0.15) is 5.10 Å². The number of hydrogen-bond donors (Lipinski definition) is 3. The Morgan fingerprint density at radius 1 is 1.41 bits per heavy atom. The SMILES string of the molecule is Cc1nn(C2CCCCC2)c2sc(C(=O)NCCn3c(O)c[nH]c3=O)cc12. The molecular weight excluding hydrogens is 366 g/mol. The van der Waals surface area contributed by atoms with E-state index in [0.29, 0.717) is 10.9 Å². The number of fused-ring (bicyclic) bond motifs is 1. The first-order valence-electron chi connectivity index (χ1n) is 9.28. The molecule has 0 unspecified atom stereocenters. The number of hydrogen-bond acceptors (Lipinski definition) is 5. The molecule has 0 radical (unpaired) electrons. The van der Waals surface area contributed by atoms with Crippen LogP contribution in [0.15, 0.2) is 17.1 Å². The molecule has 8 nitrogen and oxygen atoms in total. The summed E-state index contributed by atoms with van der Waals surface area (Å²) in [5, 5.41) is 18.1. The molecule has 1 aliphatic rings. The van der Waals surface area contributed by atoms with Crippen molar-refractivity contribution in [2.45, 2.75) is 51.6 Å². The van der Waals surface area contributed by atoms with Gasteiger partial charge in [-0.25, -0.2) is 4.79 Å². The second-order valence-electron chi connectivity index (χ2n) is 7.01. The van der Waals surface area contributed by atoms with Crippen molar-refractivity contribution in [3.63, 3.8) is 0 Å². The van der Waals surface area contributed by atoms with Gasteiger partial charge in [0.2, 0.25) is 5.88 Å². The van der Waals surface area contributed by atoms with Crippen molar-refractivity contribution in [1.82, 2.24) is 24.6 Å². The van der Waals surface area contributed by atoms with Crippen molar-refractivity contribution in [2.75, 3.05) is 6.54 Å². The summed E-state index contributed by atoms with van der Waals surface area (Å²) < 4.78 is 3.29. The van der Waals surface area contributed by atoms with Crippen LogP contribution in [0.25, 0.3) is 10.2 Å². The second kappa shape index (κ2) is 7.22. The number of imidazole rings is 1. The number of rotatable bonds is 5. The van der Waals surface area contributed by atoms with Gasteiger partial charge in [-0.3, -0.25) is 14.0 Å². The van der Waals surface area contributed by atoms with E-state index in [2.05, 4.69) is 15.0 Å². The molecule has 3 aromatic rings. The Bertz CT molecular complexity index is 1020. The first kappa shape index (κ1) is 17.8. The summed E-state index contributed by atoms with van der Waals surface area (Å²) >= 11 is 1.47. The normalized spacial score (nSPS) is 15.4. The summed E-state index contributed by atoms with van der Waals surface area (Å²) in [6.45, 7) is 2.45. The molecule has 0 spiro atoms. The Kier molecular flexibility index (Phi) is 4.77. The van der Waals surface area contributed by atoms with Crippen LogP contribution < -0.4 is 11.0 Å². The van der Waals surface area contributed by atoms with Gasteiger partial charge in [-0.1, -0.05) is 19.3 Å². The molecule has 1 fully saturated rings. The van der Waals surface area contributed by atoms with E-state index in [9.17, 15) is 14.7 Å². The second-order valence-corrected chi connectivity index (χ2v) is 8.04. The molecule has 4 rings (SSSR count). The van der Waals surface area contributed by atoms with Crippen molar-refractivity contribution in [3.05, 3.63) is 33.3 Å². The molecule has 3 heterocycles. The van der Waals surface area contributed by atoms with Crippen LogP contribution in [0, 0.1) is 6.92 Å². The van der Waals surface area contributed by atoms with Gasteiger partial charge in [0.15, 0.2) is 0 Å². The molecule has 0 atom stereocenters. The molecule has 0 bridgehead atoms. The van der Waals surface area contributed by atoms with Gasteiger partial charge in [0, 0.05) is 18.5 Å². The fourth-order valence-electron chi connectivity index (χ4n) is 3.73. The lowest BCUT2D eigenvalue weighted by Gasteiger charge is -2.22. The van der Waals surface area contributed by atoms with Crippen molar-refractivity contribution in [1.29, 1.82) is 0 Å². The van der Waals surface area contributed by atoms with Crippen LogP contribution in [0.1, 0.15) is 53.5 Å². The molecule has 0 aliphatic heterocycles. The predicted molar refractivity (Wildman–Crippen MR) is 104 cm³/mol. The summed E-state index contributed by atoms with van der Waals surface area (Å²) in [4.78, 5) is 28.1. The average Bonchev–Trinajstić information content (AvgIpc) is 3.33. The van der Waals surface area contributed by atoms with Crippen LogP contribution in [0.5, 0.6) is 5.88 Å². The van der Waals surface area contributed by atoms with Gasteiger partial charge in [0.05, 0.1) is 22.8 Å². The highest BCUT2D eigenvalue weighted by molar-refractivity contribution is 7.20. The number of nitrogens with one attached hydrogen (secondary N) is 2. The van der Waals surface area contributed by atoms with Crippen LogP contribution in [0.2, 0.25) is 0 Å². The van der Waals surface area contributed by atoms with Crippen LogP contribution >= 0.6 is 11.3 Å². The molecule has 0 saturated heterocycles. The topological polar surface area (TPSA) is 105 Å². The zero-order chi connectivity index (χ0) is 19.0. The maximum absolute atomic E-state index is 12.5. The molecule has 1 amide bonds. The van der Waals surface area contributed by atoms with E-state index in [1.165, 1.54) is 41.4 Å². The number of amides is 1. The number of aromatic nitrogens is 4. The smallest absolute Gasteiger partial charge is 0.328 e. The summed E-state index contributed by atoms with van der Waals surface area (Å²) in [5.41, 5.74) is 0.557. The molecule has 0 aromatic carbocycles. The van der Waals surface area contributed by atoms with Crippen LogP contribution in [0.4, 0.5) is 0 Å². The number of aromatic amines is 1. The third-order valence-corrected chi connectivity index (χ3v) is 6.30. The zero-order valence-corrected chi connectivity index (χ0v) is 16.0. The molecule has 1 saturated carbocycles. The van der Waals surface area contributed by atoms with Gasteiger partial charge in [0.25, 0.3) is 5.91 Å². The molecule has 9 heteroatoms. The van der Waals surface area contributed by atoms with E-state index in [1.54, 1.807) is 0 Å². The minimum Gasteiger partial charge on any atom is -0.493 e. The molecule has 1 aliphatic carbocycles. The van der Waals surface area contributed by atoms with E-state index >= 15 is 0 Å². The fourth-order valence-corrected chi connectivity index (χ4v) is 4.88. The number of aromatic hydroxyl groups is 1. The van der Waals surface area contributed by atoms with E-state index in [1.807, 2.05) is 13.0 Å². The highest BCUT2D eigenvalue weighted by atomic mass is 32.1. The van der Waals surface area contributed by atoms with Crippen LogP contribution in [-0.4, -0.2) is 36.9 Å². The maximum atomic E-state index is 12.5. The fraction of sp³-hybridized carbons (Fsp3) is 0.500. The van der Waals surface area contributed by atoms with Gasteiger partial charge in [0.1, 0.15) is 4.83 Å². The van der Waals surface area contributed by atoms with Gasteiger partial charge < -0.3 is 15.4 Å². The molecular formula is C18H23N5O3S. The lowest BCUT2D eigenvalue weighted by molar-refractivity contribution is 0.0956. The Balaban J connectivity index is 1.48. The van der Waals surface area contributed by atoms with Gasteiger partial charge in [-0.15, -0.1) is 11.3 Å². The summed E-state index contributed by atoms with van der Waals surface area (Å²) in [5.74, 6) is -0.312. The number of aryl methyl sites for hydroxylation is 1. The van der Waals surface area contributed by atoms with E-state index in [0.717, 1.165) is 28.8 Å². The number of H-pyrrole nitrogens is 1.